The summed E-state index contributed by atoms with van der Waals surface area (Å²) in [7, 11) is -2.80. The Balaban J connectivity index is 1.02. The molecule has 14 rings (SSSR count). The quantitative estimate of drug-likeness (QED) is 0.101. The van der Waals surface area contributed by atoms with Crippen molar-refractivity contribution in [3.8, 4) is 56.4 Å². The molecule has 3 aromatic heterocycles. The van der Waals surface area contributed by atoms with Crippen LogP contribution < -0.4 is 20.7 Å². The molecule has 0 N–H and O–H groups in total. The lowest BCUT2D eigenvalue weighted by molar-refractivity contribution is 1.05. The van der Waals surface area contributed by atoms with Gasteiger partial charge in [-0.3, -0.25) is 4.57 Å². The summed E-state index contributed by atoms with van der Waals surface area (Å²) >= 11 is 0. The number of para-hydroxylation sites is 3. The van der Waals surface area contributed by atoms with E-state index < -0.39 is 8.07 Å². The number of hydrogen-bond donors (Lipinski definition) is 0. The van der Waals surface area contributed by atoms with Gasteiger partial charge in [-0.25, -0.2) is 9.97 Å². The normalized spacial score (nSPS) is 11.7. The van der Waals surface area contributed by atoms with Crippen molar-refractivity contribution in [2.24, 2.45) is 0 Å². The zero-order valence-corrected chi connectivity index (χ0v) is 42.0. The van der Waals surface area contributed by atoms with Crippen molar-refractivity contribution in [2.75, 3.05) is 0 Å². The molecule has 75 heavy (non-hydrogen) atoms. The summed E-state index contributed by atoms with van der Waals surface area (Å²) in [6, 6.07) is 106. The van der Waals surface area contributed by atoms with E-state index in [2.05, 4.69) is 300 Å². The second-order valence-corrected chi connectivity index (χ2v) is 23.1. The van der Waals surface area contributed by atoms with Gasteiger partial charge in [-0.2, -0.15) is 0 Å². The molecule has 14 aromatic rings. The SMILES string of the molecule is c1ccc(-c2cccc(-c3ccccc3)c2-c2cc(-n3c4ccccc4c4cc(-n5c6ccccc6c6ccccc65)ccc43)nc(-c3ccc([Si](c4ccccc4)(c4ccccc4)c4ccccc4)cc3)n2)cc1. The molecule has 3 heterocycles. The average Bonchev–Trinajstić information content (AvgIpc) is 4.03. The highest BCUT2D eigenvalue weighted by Crippen LogP contribution is 2.42. The first-order chi connectivity index (χ1) is 37.2. The van der Waals surface area contributed by atoms with Crippen LogP contribution in [-0.2, 0) is 0 Å². The van der Waals surface area contributed by atoms with Gasteiger partial charge in [0.15, 0.2) is 13.9 Å². The fourth-order valence-electron chi connectivity index (χ4n) is 11.8. The van der Waals surface area contributed by atoms with Gasteiger partial charge in [0.25, 0.3) is 0 Å². The molecule has 0 saturated carbocycles. The molecule has 11 aromatic carbocycles. The first kappa shape index (κ1) is 44.1. The van der Waals surface area contributed by atoms with Crippen LogP contribution in [0.25, 0.3) is 100 Å². The van der Waals surface area contributed by atoms with Gasteiger partial charge < -0.3 is 4.57 Å². The van der Waals surface area contributed by atoms with E-state index in [0.29, 0.717) is 5.82 Å². The molecule has 0 unspecified atom stereocenters. The number of fused-ring (bicyclic) bond motifs is 6. The zero-order chi connectivity index (χ0) is 49.7. The van der Waals surface area contributed by atoms with Crippen LogP contribution in [0.2, 0.25) is 0 Å². The van der Waals surface area contributed by atoms with Crippen LogP contribution in [0.4, 0.5) is 0 Å². The van der Waals surface area contributed by atoms with Crippen molar-refractivity contribution in [3.63, 3.8) is 0 Å². The summed E-state index contributed by atoms with van der Waals surface area (Å²) < 4.78 is 4.74. The van der Waals surface area contributed by atoms with Crippen molar-refractivity contribution in [2.45, 2.75) is 0 Å². The molecule has 0 aliphatic heterocycles. The van der Waals surface area contributed by atoms with Crippen LogP contribution in [0.5, 0.6) is 0 Å². The molecule has 5 heteroatoms. The van der Waals surface area contributed by atoms with Gasteiger partial charge in [0.05, 0.1) is 27.8 Å². The van der Waals surface area contributed by atoms with Crippen molar-refractivity contribution in [3.05, 3.63) is 291 Å². The fourth-order valence-corrected chi connectivity index (χ4v) is 16.6. The molecule has 352 valence electrons. The predicted octanol–water partition coefficient (Wildman–Crippen LogP) is 14.7. The number of rotatable bonds is 10. The third-order valence-corrected chi connectivity index (χ3v) is 19.9. The minimum atomic E-state index is -2.80. The van der Waals surface area contributed by atoms with E-state index >= 15 is 0 Å². The van der Waals surface area contributed by atoms with Crippen LogP contribution in [0.15, 0.2) is 291 Å². The highest BCUT2D eigenvalue weighted by atomic mass is 28.3. The maximum absolute atomic E-state index is 5.67. The lowest BCUT2D eigenvalue weighted by atomic mass is 9.89. The van der Waals surface area contributed by atoms with Gasteiger partial charge in [0.1, 0.15) is 5.82 Å². The number of hydrogen-bond acceptors (Lipinski definition) is 2. The minimum Gasteiger partial charge on any atom is -0.309 e. The Morgan fingerprint density at radius 3 is 1.20 bits per heavy atom. The smallest absolute Gasteiger partial charge is 0.179 e. The van der Waals surface area contributed by atoms with Gasteiger partial charge in [0, 0.05) is 44.4 Å². The largest absolute Gasteiger partial charge is 0.309 e. The lowest BCUT2D eigenvalue weighted by Crippen LogP contribution is -2.74. The second kappa shape index (κ2) is 18.4. The van der Waals surface area contributed by atoms with Gasteiger partial charge in [-0.15, -0.1) is 0 Å². The molecule has 0 saturated heterocycles. The average molecular weight is 973 g/mol. The maximum Gasteiger partial charge on any atom is 0.179 e. The van der Waals surface area contributed by atoms with E-state index in [0.717, 1.165) is 72.4 Å². The zero-order valence-electron chi connectivity index (χ0n) is 41.0. The highest BCUT2D eigenvalue weighted by Gasteiger charge is 2.41. The Labute approximate surface area is 436 Å². The molecule has 0 radical (unpaired) electrons. The van der Waals surface area contributed by atoms with Crippen molar-refractivity contribution in [1.82, 2.24) is 19.1 Å². The molecule has 4 nitrogen and oxygen atoms in total. The van der Waals surface area contributed by atoms with Crippen LogP contribution in [0, 0.1) is 0 Å². The highest BCUT2D eigenvalue weighted by molar-refractivity contribution is 7.19. The summed E-state index contributed by atoms with van der Waals surface area (Å²) in [5.41, 5.74) is 12.9. The topological polar surface area (TPSA) is 35.6 Å². The van der Waals surface area contributed by atoms with Crippen LogP contribution in [-0.4, -0.2) is 27.2 Å². The van der Waals surface area contributed by atoms with E-state index in [9.17, 15) is 0 Å². The third-order valence-electron chi connectivity index (χ3n) is 15.1. The van der Waals surface area contributed by atoms with E-state index in [4.69, 9.17) is 9.97 Å². The summed E-state index contributed by atoms with van der Waals surface area (Å²) in [5.74, 6) is 1.44. The Hall–Kier alpha value is -9.68. The maximum atomic E-state index is 5.67. The van der Waals surface area contributed by atoms with Gasteiger partial charge >= 0.3 is 0 Å². The predicted molar refractivity (Wildman–Crippen MR) is 316 cm³/mol. The summed E-state index contributed by atoms with van der Waals surface area (Å²) in [6.07, 6.45) is 0. The number of nitrogens with zero attached hydrogens (tertiary/aromatic N) is 4. The molecule has 0 aliphatic rings. The molecule has 0 aliphatic carbocycles. The van der Waals surface area contributed by atoms with Crippen molar-refractivity contribution < 1.29 is 0 Å². The standard InChI is InChI=1S/C70H48N4Si/c1-6-23-49(24-7-1)57-36-22-37-58(50-25-8-2-9-26-50)69(57)63-48-68(74-66-40-21-18-35-61(66)62-47-52(43-46-67(62)74)73-64-38-19-16-33-59(64)60-34-17-20-39-65(60)73)72-70(71-63)51-41-44-56(45-42-51)75(53-27-10-3-11-28-53,54-29-12-4-13-30-54)55-31-14-5-15-32-55/h1-48H. The first-order valence-electron chi connectivity index (χ1n) is 25.7. The molecule has 0 fully saturated rings. The van der Waals surface area contributed by atoms with Gasteiger partial charge in [-0.05, 0) is 79.4 Å². The van der Waals surface area contributed by atoms with Crippen LogP contribution in [0.3, 0.4) is 0 Å². The van der Waals surface area contributed by atoms with Gasteiger partial charge in [0.2, 0.25) is 0 Å². The fraction of sp³-hybridized carbons (Fsp3) is 0. The number of benzene rings is 11. The molecule has 0 amide bonds. The van der Waals surface area contributed by atoms with E-state index in [1.54, 1.807) is 0 Å². The first-order valence-corrected chi connectivity index (χ1v) is 27.7. The Morgan fingerprint density at radius 1 is 0.280 bits per heavy atom. The third kappa shape index (κ3) is 7.35. The monoisotopic (exact) mass is 972 g/mol. The van der Waals surface area contributed by atoms with Gasteiger partial charge in [-0.1, -0.05) is 249 Å². The molecular formula is C70H48N4Si. The minimum absolute atomic E-state index is 0.648. The van der Waals surface area contributed by atoms with E-state index in [1.807, 2.05) is 0 Å². The van der Waals surface area contributed by atoms with E-state index in [1.165, 1.54) is 42.6 Å². The van der Waals surface area contributed by atoms with Crippen LogP contribution >= 0.6 is 0 Å². The molecule has 0 atom stereocenters. The van der Waals surface area contributed by atoms with E-state index in [-0.39, 0.29) is 0 Å². The van der Waals surface area contributed by atoms with Crippen molar-refractivity contribution in [1.29, 1.82) is 0 Å². The Bertz CT molecular complexity index is 4170. The Kier molecular flexibility index (Phi) is 10.8. The summed E-state index contributed by atoms with van der Waals surface area (Å²) in [4.78, 5) is 11.3. The lowest BCUT2D eigenvalue weighted by Gasteiger charge is -2.34. The molecular weight excluding hydrogens is 925 g/mol. The van der Waals surface area contributed by atoms with Crippen LogP contribution in [0.1, 0.15) is 0 Å². The summed E-state index contributed by atoms with van der Waals surface area (Å²) in [5, 5.41) is 10.0. The summed E-state index contributed by atoms with van der Waals surface area (Å²) in [6.45, 7) is 0. The Morgan fingerprint density at radius 2 is 0.693 bits per heavy atom. The molecule has 0 bridgehead atoms. The van der Waals surface area contributed by atoms with Crippen molar-refractivity contribution >= 4 is 72.4 Å². The second-order valence-electron chi connectivity index (χ2n) is 19.2. The number of aromatic nitrogens is 4. The molecule has 0 spiro atoms.